The van der Waals surface area contributed by atoms with Crippen molar-refractivity contribution in [3.63, 3.8) is 0 Å². The maximum absolute atomic E-state index is 13.1. The van der Waals surface area contributed by atoms with Crippen LogP contribution in [0.25, 0.3) is 5.53 Å². The third-order valence-electron chi connectivity index (χ3n) is 5.07. The number of ketones is 1. The number of Topliss-reactive ketones (excluding diaryl/α,β-unsaturated/α-hetero) is 1. The second-order valence-electron chi connectivity index (χ2n) is 8.18. The van der Waals surface area contributed by atoms with Crippen LogP contribution in [0.4, 0.5) is 0 Å². The number of sulfonamides is 1. The lowest BCUT2D eigenvalue weighted by molar-refractivity contribution is -0.176. The number of carbonyl (C=O) groups is 4. The van der Waals surface area contributed by atoms with Crippen LogP contribution in [-0.2, 0) is 29.2 Å². The lowest BCUT2D eigenvalue weighted by Crippen LogP contribution is -2.64. The zero-order valence-electron chi connectivity index (χ0n) is 17.8. The number of carbonyl (C=O) groups excluding carboxylic acids is 4. The Balaban J connectivity index is 2.31. The third-order valence-corrected chi connectivity index (χ3v) is 5.79. The van der Waals surface area contributed by atoms with Gasteiger partial charge >= 0.3 is 6.21 Å². The molecule has 3 amide bonds. The van der Waals surface area contributed by atoms with E-state index in [2.05, 4.69) is 14.8 Å². The topological polar surface area (TPSA) is 169 Å². The van der Waals surface area contributed by atoms with Gasteiger partial charge in [0.2, 0.25) is 21.8 Å². The minimum Gasteiger partial charge on any atom is -0.361 e. The highest BCUT2D eigenvalue weighted by atomic mass is 32.2. The van der Waals surface area contributed by atoms with Gasteiger partial charge in [0.25, 0.3) is 11.7 Å². The van der Waals surface area contributed by atoms with Crippen LogP contribution in [0.1, 0.15) is 46.0 Å². The quantitative estimate of drug-likeness (QED) is 0.265. The lowest BCUT2D eigenvalue weighted by Gasteiger charge is -2.43. The minimum absolute atomic E-state index is 0.0203. The molecule has 0 radical (unpaired) electrons. The first-order valence-electron chi connectivity index (χ1n) is 10.1. The molecule has 0 aromatic carbocycles. The zero-order valence-corrected chi connectivity index (χ0v) is 18.6. The molecule has 0 bridgehead atoms. The third kappa shape index (κ3) is 6.42. The number of rotatable bonds is 8. The molecule has 0 saturated carbocycles. The highest BCUT2D eigenvalue weighted by Crippen LogP contribution is 2.25. The van der Waals surface area contributed by atoms with Crippen LogP contribution in [0.2, 0.25) is 0 Å². The Bertz CT molecular complexity index is 897. The van der Waals surface area contributed by atoms with Crippen LogP contribution in [0.3, 0.4) is 0 Å². The van der Waals surface area contributed by atoms with E-state index >= 15 is 0 Å². The number of amides is 3. The molecular weight excluding hydrogens is 428 g/mol. The van der Waals surface area contributed by atoms with Crippen LogP contribution in [0, 0.1) is 5.92 Å². The summed E-state index contributed by atoms with van der Waals surface area (Å²) in [6, 6.07) is -3.23. The Morgan fingerprint density at radius 1 is 1.29 bits per heavy atom. The smallest absolute Gasteiger partial charge is 0.325 e. The summed E-state index contributed by atoms with van der Waals surface area (Å²) in [4.78, 5) is 53.7. The molecule has 2 saturated heterocycles. The first-order valence-corrected chi connectivity index (χ1v) is 12.0. The van der Waals surface area contributed by atoms with Gasteiger partial charge in [-0.2, -0.15) is 4.79 Å². The molecular formula is C18H28N6O6S. The molecule has 2 N–H and O–H groups in total. The molecule has 31 heavy (non-hydrogen) atoms. The fourth-order valence-corrected chi connectivity index (χ4v) is 4.51. The lowest BCUT2D eigenvalue weighted by atomic mass is 9.99. The summed E-state index contributed by atoms with van der Waals surface area (Å²) in [7, 11) is -3.73. The van der Waals surface area contributed by atoms with Gasteiger partial charge < -0.3 is 10.8 Å². The fourth-order valence-electron chi connectivity index (χ4n) is 3.77. The van der Waals surface area contributed by atoms with Crippen molar-refractivity contribution in [1.82, 2.24) is 20.1 Å². The van der Waals surface area contributed by atoms with E-state index in [0.717, 1.165) is 11.3 Å². The SMILES string of the molecule is CC(C)C[C@H](NC(=O)C1CCCN2C(=O)CCC(NS(C)(=O)=O)C(=O)N12)C(=O)C=[N+]=[N-]. The number of hydrazine groups is 1. The zero-order chi connectivity index (χ0) is 23.3. The van der Waals surface area contributed by atoms with E-state index in [1.54, 1.807) is 0 Å². The molecule has 0 aromatic heterocycles. The summed E-state index contributed by atoms with van der Waals surface area (Å²) in [6.45, 7) is 3.93. The Morgan fingerprint density at radius 2 is 1.97 bits per heavy atom. The molecule has 2 aliphatic heterocycles. The van der Waals surface area contributed by atoms with Gasteiger partial charge in [-0.1, -0.05) is 13.8 Å². The predicted molar refractivity (Wildman–Crippen MR) is 109 cm³/mol. The van der Waals surface area contributed by atoms with Gasteiger partial charge in [0.15, 0.2) is 0 Å². The van der Waals surface area contributed by atoms with Gasteiger partial charge in [-0.25, -0.2) is 18.1 Å². The molecule has 2 heterocycles. The minimum atomic E-state index is -3.73. The van der Waals surface area contributed by atoms with Gasteiger partial charge in [-0.15, -0.1) is 0 Å². The van der Waals surface area contributed by atoms with E-state index in [-0.39, 0.29) is 44.1 Å². The van der Waals surface area contributed by atoms with Crippen molar-refractivity contribution < 1.29 is 32.4 Å². The normalized spacial score (nSPS) is 23.0. The second-order valence-corrected chi connectivity index (χ2v) is 9.96. The second kappa shape index (κ2) is 10.1. The Labute approximate surface area is 181 Å². The van der Waals surface area contributed by atoms with Crippen LogP contribution in [0.5, 0.6) is 0 Å². The summed E-state index contributed by atoms with van der Waals surface area (Å²) in [5.41, 5.74) is 8.66. The Kier molecular flexibility index (Phi) is 8.04. The number of nitrogens with one attached hydrogen (secondary N) is 2. The van der Waals surface area contributed by atoms with Crippen LogP contribution >= 0.6 is 0 Å². The van der Waals surface area contributed by atoms with Gasteiger partial charge in [-0.3, -0.25) is 24.2 Å². The largest absolute Gasteiger partial charge is 0.361 e. The van der Waals surface area contributed by atoms with Crippen molar-refractivity contribution in [2.24, 2.45) is 5.92 Å². The molecule has 0 aromatic rings. The van der Waals surface area contributed by atoms with E-state index < -0.39 is 45.7 Å². The van der Waals surface area contributed by atoms with Crippen molar-refractivity contribution in [3.8, 4) is 0 Å². The summed E-state index contributed by atoms with van der Waals surface area (Å²) in [5, 5.41) is 4.80. The Hall–Kier alpha value is -2.63. The van der Waals surface area contributed by atoms with Crippen LogP contribution < -0.4 is 10.0 Å². The monoisotopic (exact) mass is 456 g/mol. The summed E-state index contributed by atoms with van der Waals surface area (Å²) in [5.74, 6) is -2.29. The molecule has 2 unspecified atom stereocenters. The van der Waals surface area contributed by atoms with Crippen molar-refractivity contribution >= 4 is 39.7 Å². The fraction of sp³-hybridized carbons (Fsp3) is 0.722. The molecule has 0 spiro atoms. The van der Waals surface area contributed by atoms with E-state index in [0.29, 0.717) is 12.6 Å². The van der Waals surface area contributed by atoms with Gasteiger partial charge in [0.1, 0.15) is 12.1 Å². The number of nitrogens with zero attached hydrogens (tertiary/aromatic N) is 4. The summed E-state index contributed by atoms with van der Waals surface area (Å²) >= 11 is 0. The Morgan fingerprint density at radius 3 is 2.55 bits per heavy atom. The molecule has 12 nitrogen and oxygen atoms in total. The summed E-state index contributed by atoms with van der Waals surface area (Å²) in [6.07, 6.45) is 2.52. The first kappa shape index (κ1) is 24.6. The first-order chi connectivity index (χ1) is 14.4. The average Bonchev–Trinajstić information content (AvgIpc) is 2.78. The summed E-state index contributed by atoms with van der Waals surface area (Å²) < 4.78 is 25.6. The van der Waals surface area contributed by atoms with Crippen LogP contribution in [-0.4, -0.2) is 83.9 Å². The number of hydrogen-bond acceptors (Lipinski definition) is 6. The van der Waals surface area contributed by atoms with E-state index in [1.807, 2.05) is 13.8 Å². The van der Waals surface area contributed by atoms with Crippen molar-refractivity contribution in [3.05, 3.63) is 5.53 Å². The highest BCUT2D eigenvalue weighted by molar-refractivity contribution is 7.88. The standard InChI is InChI=1S/C18H28N6O6S/c1-11(2)9-13(15(25)10-20-19)21-17(27)14-5-4-8-23-16(26)7-6-12(18(28)24(14)23)22-31(3,29)30/h10-14,22H,4-9H2,1-3H3,(H,21,27)/t12?,13-,14?/m0/s1. The van der Waals surface area contributed by atoms with Crippen molar-refractivity contribution in [1.29, 1.82) is 0 Å². The highest BCUT2D eigenvalue weighted by Gasteiger charge is 2.45. The molecule has 2 rings (SSSR count). The number of hydrogen-bond donors (Lipinski definition) is 2. The molecule has 13 heteroatoms. The maximum Gasteiger partial charge on any atom is 0.325 e. The van der Waals surface area contributed by atoms with Crippen molar-refractivity contribution in [2.75, 3.05) is 12.8 Å². The van der Waals surface area contributed by atoms with Gasteiger partial charge in [0, 0.05) is 13.0 Å². The maximum atomic E-state index is 13.1. The average molecular weight is 457 g/mol. The molecule has 172 valence electrons. The predicted octanol–water partition coefficient (Wildman–Crippen LogP) is -1.17. The van der Waals surface area contributed by atoms with E-state index in [9.17, 15) is 27.6 Å². The van der Waals surface area contributed by atoms with Crippen LogP contribution in [0.15, 0.2) is 0 Å². The molecule has 2 aliphatic rings. The van der Waals surface area contributed by atoms with E-state index in [4.69, 9.17) is 5.53 Å². The molecule has 2 fully saturated rings. The van der Waals surface area contributed by atoms with Gasteiger partial charge in [-0.05, 0) is 31.6 Å². The molecule has 3 atom stereocenters. The van der Waals surface area contributed by atoms with E-state index in [1.165, 1.54) is 5.01 Å². The molecule has 0 aliphatic carbocycles. The number of fused-ring (bicyclic) bond motifs is 1. The van der Waals surface area contributed by atoms with Crippen molar-refractivity contribution in [2.45, 2.75) is 64.1 Å². The van der Waals surface area contributed by atoms with Gasteiger partial charge in [0.05, 0.1) is 12.3 Å².